The van der Waals surface area contributed by atoms with Crippen LogP contribution in [0.1, 0.15) is 51.1 Å². The summed E-state index contributed by atoms with van der Waals surface area (Å²) < 4.78 is 5.70. The van der Waals surface area contributed by atoms with Gasteiger partial charge in [0.25, 0.3) is 0 Å². The highest BCUT2D eigenvalue weighted by Crippen LogP contribution is 2.34. The number of ether oxygens (including phenoxy) is 1. The van der Waals surface area contributed by atoms with Gasteiger partial charge >= 0.3 is 5.97 Å². The van der Waals surface area contributed by atoms with Gasteiger partial charge in [0, 0.05) is 17.6 Å². The lowest BCUT2D eigenvalue weighted by Crippen LogP contribution is -2.39. The number of hydrogen-bond acceptors (Lipinski definition) is 3. The molecule has 0 heterocycles. The van der Waals surface area contributed by atoms with Gasteiger partial charge in [-0.1, -0.05) is 31.0 Å². The van der Waals surface area contributed by atoms with Crippen molar-refractivity contribution in [3.05, 3.63) is 29.8 Å². The Morgan fingerprint density at radius 1 is 1.38 bits per heavy atom. The molecule has 0 spiro atoms. The summed E-state index contributed by atoms with van der Waals surface area (Å²) >= 11 is 0. The lowest BCUT2D eigenvalue weighted by Gasteiger charge is -2.34. The minimum absolute atomic E-state index is 0.0481. The van der Waals surface area contributed by atoms with Crippen molar-refractivity contribution >= 4 is 5.97 Å². The summed E-state index contributed by atoms with van der Waals surface area (Å²) in [5, 5.41) is 9.24. The van der Waals surface area contributed by atoms with E-state index in [4.69, 9.17) is 4.74 Å². The van der Waals surface area contributed by atoms with Crippen molar-refractivity contribution in [1.82, 2.24) is 4.90 Å². The Labute approximate surface area is 126 Å². The van der Waals surface area contributed by atoms with Gasteiger partial charge in [-0.25, -0.2) is 0 Å². The molecule has 4 heteroatoms. The van der Waals surface area contributed by atoms with Crippen molar-refractivity contribution in [2.24, 2.45) is 0 Å². The van der Waals surface area contributed by atoms with E-state index in [1.54, 1.807) is 0 Å². The number of nitrogens with zero attached hydrogens (tertiary/aromatic N) is 1. The Hall–Kier alpha value is -1.55. The third kappa shape index (κ3) is 3.97. The molecular formula is C17H25NO3. The van der Waals surface area contributed by atoms with Crippen molar-refractivity contribution in [1.29, 1.82) is 0 Å². The molecule has 0 aliphatic heterocycles. The fraction of sp³-hybridized carbons (Fsp3) is 0.588. The molecule has 1 aliphatic carbocycles. The average molecular weight is 291 g/mol. The first-order chi connectivity index (χ1) is 10.1. The molecule has 0 radical (unpaired) electrons. The molecule has 21 heavy (non-hydrogen) atoms. The largest absolute Gasteiger partial charge is 0.494 e. The van der Waals surface area contributed by atoms with E-state index in [-0.39, 0.29) is 12.6 Å². The van der Waals surface area contributed by atoms with Gasteiger partial charge in [-0.05, 0) is 32.8 Å². The molecule has 1 fully saturated rings. The van der Waals surface area contributed by atoms with Gasteiger partial charge in [0.2, 0.25) is 0 Å². The van der Waals surface area contributed by atoms with Crippen LogP contribution >= 0.6 is 0 Å². The first kappa shape index (κ1) is 15.8. The van der Waals surface area contributed by atoms with E-state index >= 15 is 0 Å². The fourth-order valence-corrected chi connectivity index (χ4v) is 3.27. The number of benzene rings is 1. The van der Waals surface area contributed by atoms with Crippen molar-refractivity contribution in [2.45, 2.75) is 51.6 Å². The van der Waals surface area contributed by atoms with Gasteiger partial charge in [0.1, 0.15) is 5.75 Å². The lowest BCUT2D eigenvalue weighted by atomic mass is 10.0. The number of carboxylic acids is 1. The number of aliphatic carboxylic acids is 1. The van der Waals surface area contributed by atoms with Crippen LogP contribution in [-0.2, 0) is 4.79 Å². The van der Waals surface area contributed by atoms with Gasteiger partial charge in [-0.2, -0.15) is 0 Å². The SMILES string of the molecule is CCOc1ccccc1C(C)N(CC(=O)O)C1CCCC1. The maximum atomic E-state index is 11.2. The van der Waals surface area contributed by atoms with E-state index in [1.807, 2.05) is 31.2 Å². The van der Waals surface area contributed by atoms with E-state index in [0.717, 1.165) is 24.2 Å². The van der Waals surface area contributed by atoms with E-state index < -0.39 is 5.97 Å². The molecule has 0 aromatic heterocycles. The third-order valence-electron chi connectivity index (χ3n) is 4.28. The zero-order valence-electron chi connectivity index (χ0n) is 12.9. The molecule has 1 aromatic rings. The number of rotatable bonds is 7. The Balaban J connectivity index is 2.24. The first-order valence-corrected chi connectivity index (χ1v) is 7.82. The van der Waals surface area contributed by atoms with Crippen LogP contribution in [0.25, 0.3) is 0 Å². The monoisotopic (exact) mass is 291 g/mol. The van der Waals surface area contributed by atoms with Gasteiger partial charge in [-0.15, -0.1) is 0 Å². The molecular weight excluding hydrogens is 266 g/mol. The molecule has 0 saturated heterocycles. The summed E-state index contributed by atoms with van der Waals surface area (Å²) in [6.45, 7) is 4.75. The standard InChI is InChI=1S/C17H25NO3/c1-3-21-16-11-7-6-10-15(16)13(2)18(12-17(19)20)14-8-4-5-9-14/h6-7,10-11,13-14H,3-5,8-9,12H2,1-2H3,(H,19,20). The molecule has 1 atom stereocenters. The maximum absolute atomic E-state index is 11.2. The molecule has 116 valence electrons. The van der Waals surface area contributed by atoms with Crippen molar-refractivity contribution < 1.29 is 14.6 Å². The molecule has 1 aromatic carbocycles. The lowest BCUT2D eigenvalue weighted by molar-refractivity contribution is -0.139. The van der Waals surface area contributed by atoms with Crippen LogP contribution in [0.5, 0.6) is 5.75 Å². The van der Waals surface area contributed by atoms with Crippen LogP contribution in [0.4, 0.5) is 0 Å². The van der Waals surface area contributed by atoms with E-state index in [2.05, 4.69) is 11.8 Å². The average Bonchev–Trinajstić information content (AvgIpc) is 2.99. The smallest absolute Gasteiger partial charge is 0.317 e. The highest BCUT2D eigenvalue weighted by molar-refractivity contribution is 5.69. The maximum Gasteiger partial charge on any atom is 0.317 e. The molecule has 0 bridgehead atoms. The van der Waals surface area contributed by atoms with Gasteiger partial charge < -0.3 is 9.84 Å². The summed E-state index contributed by atoms with van der Waals surface area (Å²) in [4.78, 5) is 13.4. The minimum Gasteiger partial charge on any atom is -0.494 e. The Morgan fingerprint density at radius 2 is 2.05 bits per heavy atom. The van der Waals surface area contributed by atoms with Crippen LogP contribution < -0.4 is 4.74 Å². The third-order valence-corrected chi connectivity index (χ3v) is 4.28. The number of carboxylic acid groups (broad SMARTS) is 1. The number of hydrogen-bond donors (Lipinski definition) is 1. The zero-order chi connectivity index (χ0) is 15.2. The second-order valence-electron chi connectivity index (χ2n) is 5.65. The van der Waals surface area contributed by atoms with E-state index in [1.165, 1.54) is 12.8 Å². The fourth-order valence-electron chi connectivity index (χ4n) is 3.27. The predicted octanol–water partition coefficient (Wildman–Crippen LogP) is 3.48. The van der Waals surface area contributed by atoms with Crippen LogP contribution in [0, 0.1) is 0 Å². The quantitative estimate of drug-likeness (QED) is 0.835. The highest BCUT2D eigenvalue weighted by Gasteiger charge is 2.30. The summed E-state index contributed by atoms with van der Waals surface area (Å²) in [6.07, 6.45) is 4.57. The van der Waals surface area contributed by atoms with Crippen LogP contribution in [0.2, 0.25) is 0 Å². The second kappa shape index (κ2) is 7.46. The molecule has 0 amide bonds. The Kier molecular flexibility index (Phi) is 5.62. The van der Waals surface area contributed by atoms with Crippen LogP contribution in [0.3, 0.4) is 0 Å². The highest BCUT2D eigenvalue weighted by atomic mass is 16.5. The molecule has 1 N–H and O–H groups in total. The summed E-state index contributed by atoms with van der Waals surface area (Å²) in [5.41, 5.74) is 1.08. The summed E-state index contributed by atoms with van der Waals surface area (Å²) in [6, 6.07) is 8.36. The Bertz CT molecular complexity index is 469. The van der Waals surface area contributed by atoms with Crippen LogP contribution in [-0.4, -0.2) is 35.2 Å². The summed E-state index contributed by atoms with van der Waals surface area (Å²) in [7, 11) is 0. The molecule has 1 saturated carbocycles. The normalized spacial score (nSPS) is 17.1. The van der Waals surface area contributed by atoms with E-state index in [9.17, 15) is 9.90 Å². The van der Waals surface area contributed by atoms with Crippen LogP contribution in [0.15, 0.2) is 24.3 Å². The number of para-hydroxylation sites is 1. The minimum atomic E-state index is -0.761. The topological polar surface area (TPSA) is 49.8 Å². The predicted molar refractivity (Wildman–Crippen MR) is 82.6 cm³/mol. The molecule has 1 unspecified atom stereocenters. The summed E-state index contributed by atoms with van der Waals surface area (Å²) in [5.74, 6) is 0.100. The molecule has 1 aliphatic rings. The van der Waals surface area contributed by atoms with E-state index in [0.29, 0.717) is 12.6 Å². The molecule has 4 nitrogen and oxygen atoms in total. The van der Waals surface area contributed by atoms with Gasteiger partial charge in [0.15, 0.2) is 0 Å². The second-order valence-corrected chi connectivity index (χ2v) is 5.65. The van der Waals surface area contributed by atoms with Crippen molar-refractivity contribution in [2.75, 3.05) is 13.2 Å². The van der Waals surface area contributed by atoms with Gasteiger partial charge in [0.05, 0.1) is 13.2 Å². The van der Waals surface area contributed by atoms with Crippen molar-refractivity contribution in [3.63, 3.8) is 0 Å². The zero-order valence-corrected chi connectivity index (χ0v) is 12.9. The Morgan fingerprint density at radius 3 is 2.67 bits per heavy atom. The first-order valence-electron chi connectivity index (χ1n) is 7.82. The van der Waals surface area contributed by atoms with Gasteiger partial charge in [-0.3, -0.25) is 9.69 Å². The van der Waals surface area contributed by atoms with Crippen molar-refractivity contribution in [3.8, 4) is 5.75 Å². The number of carbonyl (C=O) groups is 1. The molecule has 2 rings (SSSR count).